The molecule has 0 bridgehead atoms. The minimum absolute atomic E-state index is 0.0917. The van der Waals surface area contributed by atoms with Gasteiger partial charge in [0.2, 0.25) is 0 Å². The van der Waals surface area contributed by atoms with Gasteiger partial charge in [-0.1, -0.05) is 16.8 Å². The highest BCUT2D eigenvalue weighted by Gasteiger charge is 2.38. The molecule has 0 spiro atoms. The Morgan fingerprint density at radius 2 is 2.16 bits per heavy atom. The number of amides is 1. The van der Waals surface area contributed by atoms with E-state index in [4.69, 9.17) is 16.3 Å². The number of sulfonamides is 1. The molecule has 3 aromatic heterocycles. The topological polar surface area (TPSA) is 150 Å². The lowest BCUT2D eigenvalue weighted by Gasteiger charge is -2.40. The number of carbonyl (C=O) groups is 1. The van der Waals surface area contributed by atoms with E-state index in [1.165, 1.54) is 15.6 Å². The van der Waals surface area contributed by atoms with Crippen LogP contribution in [-0.2, 0) is 34.2 Å². The highest BCUT2D eigenvalue weighted by atomic mass is 35.5. The lowest BCUT2D eigenvalue weighted by molar-refractivity contribution is 0.0549. The molecule has 0 aliphatic carbocycles. The first kappa shape index (κ1) is 24.4. The summed E-state index contributed by atoms with van der Waals surface area (Å²) in [5, 5.41) is 15.7. The molecule has 5 heterocycles. The Labute approximate surface area is 221 Å². The molecular weight excluding hydrogens is 540 g/mol. The van der Waals surface area contributed by atoms with Crippen molar-refractivity contribution < 1.29 is 17.9 Å². The number of tetrazole rings is 1. The summed E-state index contributed by atoms with van der Waals surface area (Å²) in [6.45, 7) is 1.59. The number of hydrogen-bond acceptors (Lipinski definition) is 9. The van der Waals surface area contributed by atoms with Crippen LogP contribution in [0.1, 0.15) is 32.6 Å². The van der Waals surface area contributed by atoms with Crippen molar-refractivity contribution in [1.82, 2.24) is 39.8 Å². The number of aromatic nitrogens is 6. The number of aryl methyl sites for hydroxylation is 1. The van der Waals surface area contributed by atoms with Crippen molar-refractivity contribution >= 4 is 49.8 Å². The van der Waals surface area contributed by atoms with Crippen LogP contribution >= 0.6 is 22.9 Å². The van der Waals surface area contributed by atoms with E-state index in [1.54, 1.807) is 29.2 Å². The molecule has 4 aromatic rings. The fourth-order valence-corrected chi connectivity index (χ4v) is 7.40. The highest BCUT2D eigenvalue weighted by molar-refractivity contribution is 7.89. The van der Waals surface area contributed by atoms with E-state index in [2.05, 4.69) is 30.6 Å². The molecule has 0 radical (unpaired) electrons. The molecule has 1 unspecified atom stereocenters. The number of rotatable bonds is 6. The van der Waals surface area contributed by atoms with Crippen molar-refractivity contribution in [1.29, 1.82) is 0 Å². The van der Waals surface area contributed by atoms with Gasteiger partial charge in [0.1, 0.15) is 5.03 Å². The molecule has 2 aliphatic heterocycles. The Hall–Kier alpha value is -2.91. The number of aromatic amines is 2. The van der Waals surface area contributed by atoms with Gasteiger partial charge in [-0.25, -0.2) is 13.4 Å². The number of H-pyrrole nitrogens is 2. The number of thiazole rings is 1. The second kappa shape index (κ2) is 9.76. The van der Waals surface area contributed by atoms with Crippen molar-refractivity contribution in [3.8, 4) is 0 Å². The van der Waals surface area contributed by atoms with Crippen LogP contribution in [0.15, 0.2) is 29.3 Å². The lowest BCUT2D eigenvalue weighted by atomic mass is 10.1. The summed E-state index contributed by atoms with van der Waals surface area (Å²) >= 11 is 7.42. The number of nitrogens with zero attached hydrogens (tertiary/aromatic N) is 6. The van der Waals surface area contributed by atoms with Crippen molar-refractivity contribution in [3.63, 3.8) is 0 Å². The molecule has 194 valence electrons. The molecule has 12 nitrogen and oxygen atoms in total. The third kappa shape index (κ3) is 4.75. The minimum atomic E-state index is -3.84. The Morgan fingerprint density at radius 3 is 2.97 bits per heavy atom. The van der Waals surface area contributed by atoms with Crippen LogP contribution in [0.5, 0.6) is 0 Å². The van der Waals surface area contributed by atoms with Gasteiger partial charge in [-0.2, -0.15) is 9.52 Å². The Kier molecular flexibility index (Phi) is 6.44. The van der Waals surface area contributed by atoms with Gasteiger partial charge in [-0.3, -0.25) is 4.79 Å². The van der Waals surface area contributed by atoms with E-state index in [1.807, 2.05) is 0 Å². The number of halogens is 1. The highest BCUT2D eigenvalue weighted by Crippen LogP contribution is 2.29. The average Bonchev–Trinajstić information content (AvgIpc) is 3.66. The van der Waals surface area contributed by atoms with Crippen LogP contribution < -0.4 is 0 Å². The van der Waals surface area contributed by atoms with Gasteiger partial charge >= 0.3 is 0 Å². The minimum Gasteiger partial charge on any atom is -0.375 e. The van der Waals surface area contributed by atoms with Gasteiger partial charge in [0.25, 0.3) is 15.9 Å². The molecule has 1 atom stereocenters. The van der Waals surface area contributed by atoms with Crippen LogP contribution in [0.2, 0.25) is 5.02 Å². The molecule has 2 N–H and O–H groups in total. The normalized spacial score (nSPS) is 18.8. The largest absolute Gasteiger partial charge is 0.375 e. The standard InChI is InChI=1S/C22H23ClN8O4S2/c23-14-1-3-16-13(9-14)10-20(24-16)37(33,34)30-6-7-31(15(11-30)2-4-19-26-28-29-27-19)22(32)21-25-17-5-8-35-12-18(17)36-21/h1,3,9-10,15,24H,2,4-8,11-12H2,(H,26,27,28,29). The first-order chi connectivity index (χ1) is 17.9. The fourth-order valence-electron chi connectivity index (χ4n) is 4.74. The third-order valence-electron chi connectivity index (χ3n) is 6.65. The third-order valence-corrected chi connectivity index (χ3v) is 9.73. The predicted octanol–water partition coefficient (Wildman–Crippen LogP) is 2.01. The first-order valence-electron chi connectivity index (χ1n) is 11.8. The maximum absolute atomic E-state index is 13.6. The molecule has 0 saturated carbocycles. The summed E-state index contributed by atoms with van der Waals surface area (Å²) < 4.78 is 34.1. The van der Waals surface area contributed by atoms with Gasteiger partial charge < -0.3 is 14.6 Å². The fraction of sp³-hybridized carbons (Fsp3) is 0.409. The van der Waals surface area contributed by atoms with Crippen molar-refractivity contribution in [2.45, 2.75) is 36.9 Å². The van der Waals surface area contributed by atoms with E-state index in [9.17, 15) is 13.2 Å². The van der Waals surface area contributed by atoms with E-state index in [-0.39, 0.29) is 30.6 Å². The second-order valence-electron chi connectivity index (χ2n) is 8.94. The lowest BCUT2D eigenvalue weighted by Crippen LogP contribution is -2.56. The predicted molar refractivity (Wildman–Crippen MR) is 135 cm³/mol. The van der Waals surface area contributed by atoms with Gasteiger partial charge in [0, 0.05) is 54.4 Å². The van der Waals surface area contributed by atoms with Gasteiger partial charge in [-0.15, -0.1) is 21.5 Å². The van der Waals surface area contributed by atoms with Crippen LogP contribution in [0.4, 0.5) is 0 Å². The zero-order valence-corrected chi connectivity index (χ0v) is 21.9. The number of carbonyl (C=O) groups excluding carboxylic acids is 1. The van der Waals surface area contributed by atoms with E-state index in [0.29, 0.717) is 59.2 Å². The molecular formula is C22H23ClN8O4S2. The van der Waals surface area contributed by atoms with Crippen molar-refractivity contribution in [2.24, 2.45) is 0 Å². The van der Waals surface area contributed by atoms with Crippen LogP contribution in [0.3, 0.4) is 0 Å². The van der Waals surface area contributed by atoms with Crippen LogP contribution in [0, 0.1) is 0 Å². The van der Waals surface area contributed by atoms with Crippen LogP contribution in [-0.4, -0.2) is 86.4 Å². The average molecular weight is 563 g/mol. The van der Waals surface area contributed by atoms with Gasteiger partial charge in [0.15, 0.2) is 10.8 Å². The maximum Gasteiger partial charge on any atom is 0.283 e. The monoisotopic (exact) mass is 562 g/mol. The summed E-state index contributed by atoms with van der Waals surface area (Å²) in [4.78, 5) is 23.8. The number of fused-ring (bicyclic) bond motifs is 2. The van der Waals surface area contributed by atoms with E-state index in [0.717, 1.165) is 10.6 Å². The Bertz CT molecular complexity index is 1530. The number of ether oxygens (including phenoxy) is 1. The maximum atomic E-state index is 13.6. The zero-order valence-electron chi connectivity index (χ0n) is 19.6. The first-order valence-corrected chi connectivity index (χ1v) is 14.4. The van der Waals surface area contributed by atoms with Crippen molar-refractivity contribution in [2.75, 3.05) is 26.2 Å². The van der Waals surface area contributed by atoms with Crippen molar-refractivity contribution in [3.05, 3.63) is 50.7 Å². The molecule has 37 heavy (non-hydrogen) atoms. The van der Waals surface area contributed by atoms with Crippen LogP contribution in [0.25, 0.3) is 10.9 Å². The quantitative estimate of drug-likeness (QED) is 0.362. The molecule has 1 amide bonds. The molecule has 1 fully saturated rings. The molecule has 1 aromatic carbocycles. The molecule has 15 heteroatoms. The summed E-state index contributed by atoms with van der Waals surface area (Å²) in [6.07, 6.45) is 1.59. The van der Waals surface area contributed by atoms with Gasteiger partial charge in [-0.05, 0) is 30.7 Å². The molecule has 2 aliphatic rings. The number of piperazine rings is 1. The number of nitrogens with one attached hydrogen (secondary N) is 2. The zero-order chi connectivity index (χ0) is 25.6. The molecule has 6 rings (SSSR count). The van der Waals surface area contributed by atoms with E-state index >= 15 is 0 Å². The number of benzene rings is 1. The summed E-state index contributed by atoms with van der Waals surface area (Å²) in [6, 6.07) is 6.36. The number of hydrogen-bond donors (Lipinski definition) is 2. The second-order valence-corrected chi connectivity index (χ2v) is 12.4. The van der Waals surface area contributed by atoms with E-state index < -0.39 is 16.1 Å². The van der Waals surface area contributed by atoms with Gasteiger partial charge in [0.05, 0.1) is 23.8 Å². The summed E-state index contributed by atoms with van der Waals surface area (Å²) in [5.74, 6) is 0.302. The Morgan fingerprint density at radius 1 is 1.27 bits per heavy atom. The molecule has 1 saturated heterocycles. The summed E-state index contributed by atoms with van der Waals surface area (Å²) in [7, 11) is -3.84. The summed E-state index contributed by atoms with van der Waals surface area (Å²) in [5.41, 5.74) is 1.59. The Balaban J connectivity index is 1.26. The SMILES string of the molecule is O=C(c1nc2c(s1)COCC2)N1CCN(S(=O)(=O)c2cc3cc(Cl)ccc3[nH]2)CC1CCc1nn[nH]n1. The smallest absolute Gasteiger partial charge is 0.283 e.